The van der Waals surface area contributed by atoms with Crippen LogP contribution in [0.1, 0.15) is 42.6 Å². The number of allylic oxidation sites excluding steroid dienone is 4. The molecule has 2 rings (SSSR count). The molecule has 1 heterocycles. The van der Waals surface area contributed by atoms with Crippen molar-refractivity contribution in [1.82, 2.24) is 5.32 Å². The van der Waals surface area contributed by atoms with E-state index in [1.54, 1.807) is 26.0 Å². The van der Waals surface area contributed by atoms with Crippen LogP contribution in [0.3, 0.4) is 0 Å². The number of carbonyl (C=O) groups excluding carboxylic acids is 1. The van der Waals surface area contributed by atoms with Crippen LogP contribution in [0.2, 0.25) is 0 Å². The number of benzene rings is 1. The maximum absolute atomic E-state index is 12.2. The summed E-state index contributed by atoms with van der Waals surface area (Å²) in [5.74, 6) is -1.28. The first-order chi connectivity index (χ1) is 11.8. The van der Waals surface area contributed by atoms with Gasteiger partial charge in [-0.05, 0) is 38.5 Å². The van der Waals surface area contributed by atoms with Gasteiger partial charge in [-0.1, -0.05) is 18.7 Å². The van der Waals surface area contributed by atoms with Crippen molar-refractivity contribution in [1.29, 1.82) is 5.26 Å². The average molecular weight is 338 g/mol. The maximum Gasteiger partial charge on any atom is 0.335 e. The first-order valence-corrected chi connectivity index (χ1v) is 7.55. The molecular formula is C19H18N2O4. The van der Waals surface area contributed by atoms with Crippen molar-refractivity contribution in [2.24, 2.45) is 0 Å². The first kappa shape index (κ1) is 18.0. The summed E-state index contributed by atoms with van der Waals surface area (Å²) in [5, 5.41) is 21.6. The molecule has 1 aromatic rings. The summed E-state index contributed by atoms with van der Waals surface area (Å²) in [6, 6.07) is 8.20. The van der Waals surface area contributed by atoms with Crippen LogP contribution in [0.5, 0.6) is 0 Å². The third-order valence-corrected chi connectivity index (χ3v) is 3.77. The number of rotatable bonds is 5. The molecule has 0 saturated heterocycles. The summed E-state index contributed by atoms with van der Waals surface area (Å²) in [6.07, 6.45) is 0. The summed E-state index contributed by atoms with van der Waals surface area (Å²) in [6.45, 7) is 8.53. The Balaban J connectivity index is 2.64. The van der Waals surface area contributed by atoms with Crippen LogP contribution in [0.4, 0.5) is 0 Å². The highest BCUT2D eigenvalue weighted by atomic mass is 16.5. The molecule has 0 amide bonds. The van der Waals surface area contributed by atoms with Crippen molar-refractivity contribution < 1.29 is 19.4 Å². The largest absolute Gasteiger partial charge is 0.478 e. The number of nitrogens with one attached hydrogen (secondary N) is 1. The molecule has 1 aliphatic heterocycles. The fourth-order valence-corrected chi connectivity index (χ4v) is 2.75. The smallest absolute Gasteiger partial charge is 0.335 e. The van der Waals surface area contributed by atoms with E-state index in [1.165, 1.54) is 19.1 Å². The van der Waals surface area contributed by atoms with Crippen LogP contribution in [0.15, 0.2) is 59.3 Å². The first-order valence-electron chi connectivity index (χ1n) is 7.55. The molecule has 128 valence electrons. The number of Topliss-reactive ketones (excluding diaryl/α,β-unsaturated/α-hetero) is 1. The van der Waals surface area contributed by atoms with E-state index >= 15 is 0 Å². The van der Waals surface area contributed by atoms with E-state index in [-0.39, 0.29) is 22.8 Å². The van der Waals surface area contributed by atoms with Crippen LogP contribution < -0.4 is 5.32 Å². The van der Waals surface area contributed by atoms with Crippen LogP contribution in [0, 0.1) is 11.3 Å². The second kappa shape index (κ2) is 7.05. The zero-order chi connectivity index (χ0) is 18.7. The van der Waals surface area contributed by atoms with Crippen molar-refractivity contribution in [3.05, 3.63) is 70.5 Å². The van der Waals surface area contributed by atoms with Crippen molar-refractivity contribution >= 4 is 11.8 Å². The van der Waals surface area contributed by atoms with Crippen molar-refractivity contribution in [2.75, 3.05) is 0 Å². The Morgan fingerprint density at radius 2 is 1.88 bits per heavy atom. The Kier molecular flexibility index (Phi) is 5.08. The Morgan fingerprint density at radius 3 is 2.32 bits per heavy atom. The fourth-order valence-electron chi connectivity index (χ4n) is 2.75. The monoisotopic (exact) mass is 338 g/mol. The van der Waals surface area contributed by atoms with E-state index in [0.717, 1.165) is 0 Å². The fraction of sp³-hybridized carbons (Fsp3) is 0.211. The number of nitrogens with zero attached hydrogens (tertiary/aromatic N) is 1. The lowest BCUT2D eigenvalue weighted by atomic mass is 9.81. The van der Waals surface area contributed by atoms with Gasteiger partial charge in [0.05, 0.1) is 11.5 Å². The van der Waals surface area contributed by atoms with E-state index in [2.05, 4.69) is 18.0 Å². The summed E-state index contributed by atoms with van der Waals surface area (Å²) < 4.78 is 5.64. The molecule has 0 aliphatic carbocycles. The summed E-state index contributed by atoms with van der Waals surface area (Å²) in [5.41, 5.74) is 1.95. The van der Waals surface area contributed by atoms with Crippen LogP contribution >= 0.6 is 0 Å². The van der Waals surface area contributed by atoms with Gasteiger partial charge in [0.2, 0.25) is 5.88 Å². The Morgan fingerprint density at radius 1 is 1.28 bits per heavy atom. The lowest BCUT2D eigenvalue weighted by Crippen LogP contribution is -2.26. The number of nitriles is 1. The highest BCUT2D eigenvalue weighted by molar-refractivity contribution is 5.97. The summed E-state index contributed by atoms with van der Waals surface area (Å²) in [4.78, 5) is 23.2. The van der Waals surface area contributed by atoms with Gasteiger partial charge in [-0.15, -0.1) is 0 Å². The number of aromatic carboxylic acids is 1. The molecule has 1 atom stereocenters. The van der Waals surface area contributed by atoms with E-state index < -0.39 is 11.9 Å². The zero-order valence-corrected chi connectivity index (χ0v) is 14.2. The van der Waals surface area contributed by atoms with E-state index in [1.807, 2.05) is 0 Å². The number of carboxylic acid groups (broad SMARTS) is 1. The second-order valence-corrected chi connectivity index (χ2v) is 5.75. The molecule has 0 aromatic heterocycles. The molecule has 0 bridgehead atoms. The third kappa shape index (κ3) is 3.61. The van der Waals surface area contributed by atoms with Crippen LogP contribution in [-0.2, 0) is 9.53 Å². The number of ketones is 1. The van der Waals surface area contributed by atoms with Crippen LogP contribution in [0.25, 0.3) is 0 Å². The number of carbonyl (C=O) groups is 2. The van der Waals surface area contributed by atoms with E-state index in [9.17, 15) is 14.9 Å². The van der Waals surface area contributed by atoms with Gasteiger partial charge in [-0.2, -0.15) is 5.26 Å². The molecule has 6 nitrogen and oxygen atoms in total. The molecule has 2 N–H and O–H groups in total. The molecule has 0 spiro atoms. The Bertz CT molecular complexity index is 854. The molecule has 25 heavy (non-hydrogen) atoms. The topological polar surface area (TPSA) is 99.4 Å². The standard InChI is InChI=1S/C19H18N2O4/c1-10(2)21-18-15(9-20)17(16(11(3)22)12(4)25-18)13-5-7-14(8-6-13)19(23)24/h5-8,17,21H,1H2,2-4H3,(H,23,24). The number of carboxylic acids is 1. The minimum atomic E-state index is -1.04. The minimum absolute atomic E-state index is 0.128. The third-order valence-electron chi connectivity index (χ3n) is 3.77. The highest BCUT2D eigenvalue weighted by Gasteiger charge is 2.34. The van der Waals surface area contributed by atoms with Gasteiger partial charge in [0.15, 0.2) is 5.78 Å². The predicted octanol–water partition coefficient (Wildman–Crippen LogP) is 3.22. The van der Waals surface area contributed by atoms with Crippen molar-refractivity contribution in [2.45, 2.75) is 26.7 Å². The van der Waals surface area contributed by atoms with Crippen molar-refractivity contribution in [3.8, 4) is 6.07 Å². The quantitative estimate of drug-likeness (QED) is 0.855. The summed E-state index contributed by atoms with van der Waals surface area (Å²) in [7, 11) is 0. The highest BCUT2D eigenvalue weighted by Crippen LogP contribution is 2.40. The molecule has 1 aromatic carbocycles. The molecule has 0 saturated carbocycles. The van der Waals surface area contributed by atoms with Gasteiger partial charge < -0.3 is 15.2 Å². The van der Waals surface area contributed by atoms with Gasteiger partial charge in [0.25, 0.3) is 0 Å². The summed E-state index contributed by atoms with van der Waals surface area (Å²) >= 11 is 0. The predicted molar refractivity (Wildman–Crippen MR) is 91.2 cm³/mol. The van der Waals surface area contributed by atoms with E-state index in [4.69, 9.17) is 9.84 Å². The lowest BCUT2D eigenvalue weighted by molar-refractivity contribution is -0.114. The Labute approximate surface area is 145 Å². The average Bonchev–Trinajstić information content (AvgIpc) is 2.53. The van der Waals surface area contributed by atoms with Crippen LogP contribution in [-0.4, -0.2) is 16.9 Å². The van der Waals surface area contributed by atoms with Gasteiger partial charge in [0.1, 0.15) is 17.4 Å². The van der Waals surface area contributed by atoms with Gasteiger partial charge in [-0.3, -0.25) is 4.79 Å². The SMILES string of the molecule is C=C(C)NC1=C(C#N)C(c2ccc(C(=O)O)cc2)C(C(C)=O)=C(C)O1. The lowest BCUT2D eigenvalue weighted by Gasteiger charge is -2.28. The molecule has 1 unspecified atom stereocenters. The van der Waals surface area contributed by atoms with Gasteiger partial charge >= 0.3 is 5.97 Å². The normalized spacial score (nSPS) is 16.8. The molecule has 0 fully saturated rings. The molecule has 0 radical (unpaired) electrons. The zero-order valence-electron chi connectivity index (χ0n) is 14.2. The maximum atomic E-state index is 12.2. The number of hydrogen-bond acceptors (Lipinski definition) is 5. The molecule has 6 heteroatoms. The van der Waals surface area contributed by atoms with Gasteiger partial charge in [0, 0.05) is 11.3 Å². The van der Waals surface area contributed by atoms with Crippen molar-refractivity contribution in [3.63, 3.8) is 0 Å². The van der Waals surface area contributed by atoms with Gasteiger partial charge in [-0.25, -0.2) is 4.79 Å². The number of hydrogen-bond donors (Lipinski definition) is 2. The van der Waals surface area contributed by atoms with E-state index in [0.29, 0.717) is 22.6 Å². The molecule has 1 aliphatic rings. The molecular weight excluding hydrogens is 320 g/mol. The minimum Gasteiger partial charge on any atom is -0.478 e. The number of ether oxygens (including phenoxy) is 1. The Hall–Kier alpha value is -3.33. The second-order valence-electron chi connectivity index (χ2n) is 5.75.